The predicted molar refractivity (Wildman–Crippen MR) is 79.9 cm³/mol. The molecule has 0 bridgehead atoms. The van der Waals surface area contributed by atoms with Crippen LogP contribution >= 0.6 is 0 Å². The maximum absolute atomic E-state index is 5.90. The predicted octanol–water partition coefficient (Wildman–Crippen LogP) is 3.54. The summed E-state index contributed by atoms with van der Waals surface area (Å²) in [5, 5.41) is 3.46. The van der Waals surface area contributed by atoms with Gasteiger partial charge < -0.3 is 14.8 Å². The molecule has 1 N–H and O–H groups in total. The van der Waals surface area contributed by atoms with Gasteiger partial charge in [-0.25, -0.2) is 0 Å². The Morgan fingerprint density at radius 2 is 2.05 bits per heavy atom. The van der Waals surface area contributed by atoms with Crippen molar-refractivity contribution in [1.29, 1.82) is 0 Å². The zero-order valence-electron chi connectivity index (χ0n) is 12.6. The first-order valence-electron chi connectivity index (χ1n) is 6.57. The molecule has 0 radical (unpaired) electrons. The van der Waals surface area contributed by atoms with Gasteiger partial charge in [0.1, 0.15) is 6.10 Å². The zero-order valence-corrected chi connectivity index (χ0v) is 12.6. The van der Waals surface area contributed by atoms with Crippen molar-refractivity contribution in [2.75, 3.05) is 7.11 Å². The third-order valence-electron chi connectivity index (χ3n) is 2.73. The average Bonchev–Trinajstić information content (AvgIpc) is 2.36. The molecule has 0 amide bonds. The van der Waals surface area contributed by atoms with E-state index in [1.54, 1.807) is 13.2 Å². The van der Waals surface area contributed by atoms with Crippen LogP contribution in [0.4, 0.5) is 0 Å². The summed E-state index contributed by atoms with van der Waals surface area (Å²) >= 11 is 0. The van der Waals surface area contributed by atoms with Crippen molar-refractivity contribution >= 4 is 0 Å². The van der Waals surface area contributed by atoms with E-state index in [2.05, 4.69) is 32.7 Å². The summed E-state index contributed by atoms with van der Waals surface area (Å²) in [5.41, 5.74) is 1.15. The topological polar surface area (TPSA) is 30.5 Å². The fraction of sp³-hybridized carbons (Fsp3) is 0.500. The molecule has 1 unspecified atom stereocenters. The van der Waals surface area contributed by atoms with Gasteiger partial charge in [0, 0.05) is 17.6 Å². The van der Waals surface area contributed by atoms with Crippen LogP contribution < -0.4 is 14.8 Å². The Morgan fingerprint density at radius 3 is 2.58 bits per heavy atom. The maximum atomic E-state index is 5.90. The van der Waals surface area contributed by atoms with Crippen LogP contribution in [0.25, 0.3) is 0 Å². The number of hydrogen-bond donors (Lipinski definition) is 1. The fourth-order valence-corrected chi connectivity index (χ4v) is 1.59. The first-order chi connectivity index (χ1) is 8.87. The van der Waals surface area contributed by atoms with E-state index in [9.17, 15) is 0 Å². The highest BCUT2D eigenvalue weighted by Gasteiger charge is 2.15. The molecule has 3 heteroatoms. The van der Waals surface area contributed by atoms with E-state index < -0.39 is 0 Å². The summed E-state index contributed by atoms with van der Waals surface area (Å²) < 4.78 is 11.3. The number of methoxy groups -OCH3 is 1. The molecule has 0 saturated carbocycles. The maximum Gasteiger partial charge on any atom is 0.166 e. The van der Waals surface area contributed by atoms with Crippen LogP contribution in [0.2, 0.25) is 0 Å². The summed E-state index contributed by atoms with van der Waals surface area (Å²) in [6.45, 7) is 12.9. The molecule has 0 aliphatic rings. The Labute approximate surface area is 116 Å². The number of para-hydroxylation sites is 1. The Morgan fingerprint density at radius 1 is 1.37 bits per heavy atom. The van der Waals surface area contributed by atoms with E-state index in [1.807, 2.05) is 25.1 Å². The normalized spacial score (nSPS) is 12.9. The van der Waals surface area contributed by atoms with Crippen molar-refractivity contribution in [3.8, 4) is 11.5 Å². The van der Waals surface area contributed by atoms with E-state index in [0.29, 0.717) is 0 Å². The monoisotopic (exact) mass is 263 g/mol. The second kappa shape index (κ2) is 6.62. The molecule has 0 fully saturated rings. The molecule has 0 aromatic heterocycles. The number of rotatable bonds is 6. The van der Waals surface area contributed by atoms with Gasteiger partial charge in [0.2, 0.25) is 0 Å². The lowest BCUT2D eigenvalue weighted by molar-refractivity contribution is 0.250. The third-order valence-corrected chi connectivity index (χ3v) is 2.73. The molecule has 3 nitrogen and oxygen atoms in total. The highest BCUT2D eigenvalue weighted by Crippen LogP contribution is 2.32. The van der Waals surface area contributed by atoms with Crippen molar-refractivity contribution < 1.29 is 9.47 Å². The Hall–Kier alpha value is -1.48. The molecule has 1 aromatic carbocycles. The van der Waals surface area contributed by atoms with E-state index >= 15 is 0 Å². The van der Waals surface area contributed by atoms with Gasteiger partial charge in [-0.05, 0) is 33.8 Å². The molecule has 0 aliphatic heterocycles. The summed E-state index contributed by atoms with van der Waals surface area (Å²) in [6, 6.07) is 5.93. The van der Waals surface area contributed by atoms with E-state index in [4.69, 9.17) is 9.47 Å². The van der Waals surface area contributed by atoms with Crippen LogP contribution in [-0.2, 0) is 6.54 Å². The quantitative estimate of drug-likeness (QED) is 0.796. The van der Waals surface area contributed by atoms with Gasteiger partial charge in [-0.2, -0.15) is 0 Å². The summed E-state index contributed by atoms with van der Waals surface area (Å²) in [7, 11) is 1.65. The van der Waals surface area contributed by atoms with Gasteiger partial charge in [0.25, 0.3) is 0 Å². The summed E-state index contributed by atoms with van der Waals surface area (Å²) in [6.07, 6.45) is 1.72. The highest BCUT2D eigenvalue weighted by atomic mass is 16.5. The van der Waals surface area contributed by atoms with Crippen molar-refractivity contribution in [1.82, 2.24) is 5.32 Å². The molecule has 1 atom stereocenters. The molecule has 1 aromatic rings. The minimum atomic E-state index is -0.0512. The van der Waals surface area contributed by atoms with Gasteiger partial charge in [-0.1, -0.05) is 24.8 Å². The molecule has 0 aliphatic carbocycles. The number of nitrogens with one attached hydrogen (secondary N) is 1. The first kappa shape index (κ1) is 15.6. The van der Waals surface area contributed by atoms with Crippen molar-refractivity contribution in [2.45, 2.75) is 45.9 Å². The van der Waals surface area contributed by atoms with Gasteiger partial charge >= 0.3 is 0 Å². The van der Waals surface area contributed by atoms with Gasteiger partial charge in [0.15, 0.2) is 11.5 Å². The van der Waals surface area contributed by atoms with Crippen LogP contribution in [0, 0.1) is 0 Å². The molecular weight excluding hydrogens is 238 g/mol. The third kappa shape index (κ3) is 4.95. The minimum absolute atomic E-state index is 0.0512. The van der Waals surface area contributed by atoms with Gasteiger partial charge in [0.05, 0.1) is 7.11 Å². The van der Waals surface area contributed by atoms with E-state index in [-0.39, 0.29) is 11.6 Å². The Balaban J connectivity index is 2.98. The van der Waals surface area contributed by atoms with Crippen LogP contribution in [0.15, 0.2) is 30.9 Å². The lowest BCUT2D eigenvalue weighted by Crippen LogP contribution is -2.35. The Kier molecular flexibility index (Phi) is 5.43. The summed E-state index contributed by atoms with van der Waals surface area (Å²) in [4.78, 5) is 0. The lowest BCUT2D eigenvalue weighted by atomic mass is 10.1. The smallest absolute Gasteiger partial charge is 0.166 e. The fourth-order valence-electron chi connectivity index (χ4n) is 1.59. The van der Waals surface area contributed by atoms with Crippen LogP contribution in [0.1, 0.15) is 33.3 Å². The molecule has 0 spiro atoms. The zero-order chi connectivity index (χ0) is 14.5. The van der Waals surface area contributed by atoms with E-state index in [0.717, 1.165) is 23.6 Å². The number of ether oxygens (including phenoxy) is 2. The number of benzene rings is 1. The highest BCUT2D eigenvalue weighted by molar-refractivity contribution is 5.47. The molecular formula is C16H25NO2. The van der Waals surface area contributed by atoms with E-state index in [1.165, 1.54) is 0 Å². The minimum Gasteiger partial charge on any atom is -0.493 e. The van der Waals surface area contributed by atoms with Gasteiger partial charge in [-0.3, -0.25) is 0 Å². The molecule has 19 heavy (non-hydrogen) atoms. The SMILES string of the molecule is C=CC(C)Oc1c(CNC(C)(C)C)cccc1OC. The van der Waals surface area contributed by atoms with Crippen molar-refractivity contribution in [3.63, 3.8) is 0 Å². The largest absolute Gasteiger partial charge is 0.493 e. The first-order valence-corrected chi connectivity index (χ1v) is 6.57. The van der Waals surface area contributed by atoms with Crippen molar-refractivity contribution in [3.05, 3.63) is 36.4 Å². The van der Waals surface area contributed by atoms with Crippen LogP contribution in [-0.4, -0.2) is 18.8 Å². The lowest BCUT2D eigenvalue weighted by Gasteiger charge is -2.23. The summed E-state index contributed by atoms with van der Waals surface area (Å²) in [5.74, 6) is 1.54. The van der Waals surface area contributed by atoms with Crippen LogP contribution in [0.3, 0.4) is 0 Å². The average molecular weight is 263 g/mol. The standard InChI is InChI=1S/C16H25NO2/c1-7-12(2)19-15-13(11-17-16(3,4)5)9-8-10-14(15)18-6/h7-10,12,17H,1,11H2,2-6H3. The molecule has 0 heterocycles. The van der Waals surface area contributed by atoms with Crippen LogP contribution in [0.5, 0.6) is 11.5 Å². The van der Waals surface area contributed by atoms with Crippen molar-refractivity contribution in [2.24, 2.45) is 0 Å². The molecule has 1 rings (SSSR count). The second-order valence-corrected chi connectivity index (χ2v) is 5.61. The molecule has 0 saturated heterocycles. The Bertz CT molecular complexity index is 421. The van der Waals surface area contributed by atoms with Gasteiger partial charge in [-0.15, -0.1) is 0 Å². The second-order valence-electron chi connectivity index (χ2n) is 5.61. The number of hydrogen-bond acceptors (Lipinski definition) is 3. The molecule has 106 valence electrons.